The Bertz CT molecular complexity index is 473. The first kappa shape index (κ1) is 15.8. The Morgan fingerprint density at radius 1 is 1.29 bits per heavy atom. The molecule has 1 aliphatic carbocycles. The Kier molecular flexibility index (Phi) is 6.05. The smallest absolute Gasteiger partial charge is 0.323 e. The highest BCUT2D eigenvalue weighted by molar-refractivity contribution is 5.75. The van der Waals surface area contributed by atoms with Crippen molar-refractivity contribution in [1.82, 2.24) is 5.32 Å². The highest BCUT2D eigenvalue weighted by Crippen LogP contribution is 2.26. The summed E-state index contributed by atoms with van der Waals surface area (Å²) < 4.78 is 10.9. The maximum Gasteiger partial charge on any atom is 0.323 e. The molecule has 0 bridgehead atoms. The van der Waals surface area contributed by atoms with Crippen molar-refractivity contribution in [3.05, 3.63) is 29.3 Å². The average molecular weight is 291 g/mol. The molecule has 1 N–H and O–H groups in total. The molecule has 0 saturated heterocycles. The highest BCUT2D eigenvalue weighted by Gasteiger charge is 2.18. The minimum atomic E-state index is -0.288. The molecule has 0 fully saturated rings. The molecule has 0 saturated carbocycles. The summed E-state index contributed by atoms with van der Waals surface area (Å²) in [5.41, 5.74) is 2.85. The number of rotatable bonds is 8. The Hall–Kier alpha value is -1.55. The first-order valence-corrected chi connectivity index (χ1v) is 7.89. The molecule has 1 aliphatic rings. The van der Waals surface area contributed by atoms with Crippen molar-refractivity contribution in [3.8, 4) is 5.75 Å². The molecule has 0 amide bonds. The molecule has 0 heterocycles. The van der Waals surface area contributed by atoms with Gasteiger partial charge in [0.2, 0.25) is 0 Å². The third-order valence-corrected chi connectivity index (χ3v) is 3.77. The zero-order valence-corrected chi connectivity index (χ0v) is 13.0. The highest BCUT2D eigenvalue weighted by atomic mass is 16.5. The fourth-order valence-corrected chi connectivity index (χ4v) is 2.73. The van der Waals surface area contributed by atoms with Crippen LogP contribution in [0.3, 0.4) is 0 Å². The van der Waals surface area contributed by atoms with Crippen molar-refractivity contribution in [1.29, 1.82) is 0 Å². The molecule has 0 aliphatic heterocycles. The van der Waals surface area contributed by atoms with Crippen LogP contribution in [-0.2, 0) is 22.4 Å². The number of ether oxygens (including phenoxy) is 2. The van der Waals surface area contributed by atoms with Gasteiger partial charge in [-0.15, -0.1) is 0 Å². The van der Waals surface area contributed by atoms with Crippen molar-refractivity contribution < 1.29 is 14.3 Å². The summed E-state index contributed by atoms with van der Waals surface area (Å²) in [6.07, 6.45) is 4.18. The first-order chi connectivity index (χ1) is 10.2. The van der Waals surface area contributed by atoms with Gasteiger partial charge in [0, 0.05) is 6.42 Å². The fourth-order valence-electron chi connectivity index (χ4n) is 2.73. The third-order valence-electron chi connectivity index (χ3n) is 3.77. The number of likely N-dealkylation sites (N-methyl/N-ethyl adjacent to an activating group) is 1. The number of carbonyl (C=O) groups is 1. The van der Waals surface area contributed by atoms with Crippen LogP contribution in [0.2, 0.25) is 0 Å². The third kappa shape index (κ3) is 4.46. The molecule has 1 unspecified atom stereocenters. The number of hydrogen-bond acceptors (Lipinski definition) is 4. The maximum atomic E-state index is 11.8. The van der Waals surface area contributed by atoms with Crippen LogP contribution in [0.15, 0.2) is 18.2 Å². The quantitative estimate of drug-likeness (QED) is 0.748. The summed E-state index contributed by atoms with van der Waals surface area (Å²) >= 11 is 0. The van der Waals surface area contributed by atoms with Crippen LogP contribution in [0.25, 0.3) is 0 Å². The van der Waals surface area contributed by atoms with Crippen molar-refractivity contribution in [2.45, 2.75) is 45.6 Å². The Labute approximate surface area is 126 Å². The lowest BCUT2D eigenvalue weighted by Gasteiger charge is -2.16. The van der Waals surface area contributed by atoms with Crippen LogP contribution in [0.5, 0.6) is 5.75 Å². The monoisotopic (exact) mass is 291 g/mol. The van der Waals surface area contributed by atoms with Gasteiger partial charge in [-0.05, 0) is 56.0 Å². The van der Waals surface area contributed by atoms with Gasteiger partial charge in [0.05, 0.1) is 13.2 Å². The predicted octanol–water partition coefficient (Wildman–Crippen LogP) is 2.49. The van der Waals surface area contributed by atoms with Crippen molar-refractivity contribution in [3.63, 3.8) is 0 Å². The van der Waals surface area contributed by atoms with E-state index in [0.29, 0.717) is 19.6 Å². The maximum absolute atomic E-state index is 11.8. The van der Waals surface area contributed by atoms with E-state index in [1.54, 1.807) is 0 Å². The molecule has 116 valence electrons. The van der Waals surface area contributed by atoms with Crippen molar-refractivity contribution >= 4 is 5.97 Å². The number of hydrogen-bond donors (Lipinski definition) is 1. The fraction of sp³-hybridized carbons (Fsp3) is 0.588. The molecule has 4 nitrogen and oxygen atoms in total. The van der Waals surface area contributed by atoms with E-state index in [0.717, 1.165) is 18.7 Å². The normalized spacial score (nSPS) is 14.6. The second kappa shape index (κ2) is 8.03. The predicted molar refractivity (Wildman–Crippen MR) is 82.7 cm³/mol. The molecule has 2 rings (SSSR count). The molecular formula is C17H25NO3. The largest absolute Gasteiger partial charge is 0.494 e. The summed E-state index contributed by atoms with van der Waals surface area (Å²) in [5.74, 6) is 0.701. The molecule has 0 spiro atoms. The second-order valence-corrected chi connectivity index (χ2v) is 5.28. The Balaban J connectivity index is 1.82. The zero-order valence-electron chi connectivity index (χ0n) is 13.0. The lowest BCUT2D eigenvalue weighted by atomic mass is 10.1. The van der Waals surface area contributed by atoms with Gasteiger partial charge in [-0.1, -0.05) is 13.0 Å². The summed E-state index contributed by atoms with van der Waals surface area (Å²) in [6, 6.07) is 6.03. The number of carbonyl (C=O) groups excluding carboxylic acids is 1. The van der Waals surface area contributed by atoms with Gasteiger partial charge < -0.3 is 14.8 Å². The standard InChI is InChI=1S/C17H25NO3/c1-3-18-16(17(19)20-4-2)10-11-21-15-9-8-13-6-5-7-14(13)12-15/h8-9,12,16,18H,3-7,10-11H2,1-2H3. The minimum Gasteiger partial charge on any atom is -0.494 e. The van der Waals surface area contributed by atoms with E-state index in [2.05, 4.69) is 17.4 Å². The topological polar surface area (TPSA) is 47.6 Å². The van der Waals surface area contributed by atoms with E-state index in [9.17, 15) is 4.79 Å². The molecular weight excluding hydrogens is 266 g/mol. The van der Waals surface area contributed by atoms with E-state index in [1.165, 1.54) is 24.0 Å². The number of fused-ring (bicyclic) bond motifs is 1. The molecule has 0 radical (unpaired) electrons. The van der Waals surface area contributed by atoms with Gasteiger partial charge in [-0.3, -0.25) is 4.79 Å². The van der Waals surface area contributed by atoms with Crippen molar-refractivity contribution in [2.24, 2.45) is 0 Å². The van der Waals surface area contributed by atoms with Crippen LogP contribution in [0.4, 0.5) is 0 Å². The van der Waals surface area contributed by atoms with E-state index in [1.807, 2.05) is 19.9 Å². The molecule has 4 heteroatoms. The SMILES string of the molecule is CCNC(CCOc1ccc2c(c1)CCC2)C(=O)OCC. The van der Waals surface area contributed by atoms with E-state index in [-0.39, 0.29) is 12.0 Å². The molecule has 21 heavy (non-hydrogen) atoms. The zero-order chi connectivity index (χ0) is 15.1. The van der Waals surface area contributed by atoms with Crippen LogP contribution < -0.4 is 10.1 Å². The van der Waals surface area contributed by atoms with Crippen LogP contribution >= 0.6 is 0 Å². The van der Waals surface area contributed by atoms with Gasteiger partial charge in [-0.25, -0.2) is 0 Å². The average Bonchev–Trinajstić information content (AvgIpc) is 2.94. The number of nitrogens with one attached hydrogen (secondary N) is 1. The van der Waals surface area contributed by atoms with Crippen LogP contribution in [0.1, 0.15) is 37.8 Å². The van der Waals surface area contributed by atoms with E-state index >= 15 is 0 Å². The van der Waals surface area contributed by atoms with Gasteiger partial charge in [-0.2, -0.15) is 0 Å². The van der Waals surface area contributed by atoms with Gasteiger partial charge in [0.1, 0.15) is 11.8 Å². The summed E-state index contributed by atoms with van der Waals surface area (Å²) in [6.45, 7) is 5.46. The van der Waals surface area contributed by atoms with Crippen LogP contribution in [0, 0.1) is 0 Å². The van der Waals surface area contributed by atoms with E-state index < -0.39 is 0 Å². The molecule has 0 aromatic heterocycles. The molecule has 1 atom stereocenters. The van der Waals surface area contributed by atoms with Crippen molar-refractivity contribution in [2.75, 3.05) is 19.8 Å². The molecule has 1 aromatic rings. The lowest BCUT2D eigenvalue weighted by molar-refractivity contribution is -0.146. The number of benzene rings is 1. The minimum absolute atomic E-state index is 0.197. The van der Waals surface area contributed by atoms with Gasteiger partial charge in [0.25, 0.3) is 0 Å². The molecule has 1 aromatic carbocycles. The summed E-state index contributed by atoms with van der Waals surface area (Å²) in [7, 11) is 0. The second-order valence-electron chi connectivity index (χ2n) is 5.28. The van der Waals surface area contributed by atoms with Gasteiger partial charge in [0.15, 0.2) is 0 Å². The van der Waals surface area contributed by atoms with Gasteiger partial charge >= 0.3 is 5.97 Å². The number of esters is 1. The lowest BCUT2D eigenvalue weighted by Crippen LogP contribution is -2.39. The summed E-state index contributed by atoms with van der Waals surface area (Å²) in [5, 5.41) is 3.14. The Morgan fingerprint density at radius 2 is 2.10 bits per heavy atom. The number of aryl methyl sites for hydroxylation is 2. The summed E-state index contributed by atoms with van der Waals surface area (Å²) in [4.78, 5) is 11.8. The first-order valence-electron chi connectivity index (χ1n) is 7.89. The van der Waals surface area contributed by atoms with E-state index in [4.69, 9.17) is 9.47 Å². The Morgan fingerprint density at radius 3 is 2.86 bits per heavy atom. The van der Waals surface area contributed by atoms with Crippen LogP contribution in [-0.4, -0.2) is 31.8 Å².